The van der Waals surface area contributed by atoms with Crippen LogP contribution in [0.15, 0.2) is 41.4 Å². The van der Waals surface area contributed by atoms with E-state index in [-0.39, 0.29) is 16.6 Å². The number of hydrogen-bond donors (Lipinski definition) is 0. The molecular formula is C19H22N2O5S. The number of benzene rings is 1. The summed E-state index contributed by atoms with van der Waals surface area (Å²) in [6.07, 6.45) is 4.08. The Balaban J connectivity index is 1.83. The lowest BCUT2D eigenvalue weighted by molar-refractivity contribution is 0.101. The van der Waals surface area contributed by atoms with E-state index in [2.05, 4.69) is 4.98 Å². The van der Waals surface area contributed by atoms with E-state index >= 15 is 0 Å². The van der Waals surface area contributed by atoms with Crippen LogP contribution in [0.1, 0.15) is 36.5 Å². The lowest BCUT2D eigenvalue weighted by Crippen LogP contribution is -2.35. The van der Waals surface area contributed by atoms with Crippen molar-refractivity contribution in [2.75, 3.05) is 20.2 Å². The summed E-state index contributed by atoms with van der Waals surface area (Å²) in [5, 5.41) is 0. The highest BCUT2D eigenvalue weighted by Gasteiger charge is 2.26. The third kappa shape index (κ3) is 4.28. The zero-order valence-electron chi connectivity index (χ0n) is 15.3. The topological polar surface area (TPSA) is 85.8 Å². The highest BCUT2D eigenvalue weighted by molar-refractivity contribution is 7.89. The maximum absolute atomic E-state index is 12.7. The third-order valence-corrected chi connectivity index (χ3v) is 6.33. The van der Waals surface area contributed by atoms with Gasteiger partial charge in [0.1, 0.15) is 16.4 Å². The number of carbonyl (C=O) groups is 1. The molecule has 27 heavy (non-hydrogen) atoms. The van der Waals surface area contributed by atoms with Gasteiger partial charge in [-0.25, -0.2) is 13.4 Å². The Morgan fingerprint density at radius 2 is 1.85 bits per heavy atom. The molecule has 0 spiro atoms. The van der Waals surface area contributed by atoms with Gasteiger partial charge in [0.15, 0.2) is 5.78 Å². The average molecular weight is 390 g/mol. The Morgan fingerprint density at radius 3 is 2.44 bits per heavy atom. The first-order chi connectivity index (χ1) is 12.9. The SMILES string of the molecule is COc1ccc(C(C)=O)c(Oc2ccc(S(=O)(=O)N3CCCCC3)cn2)c1. The number of ketones is 1. The smallest absolute Gasteiger partial charge is 0.244 e. The fraction of sp³-hybridized carbons (Fsp3) is 0.368. The number of aromatic nitrogens is 1. The fourth-order valence-electron chi connectivity index (χ4n) is 2.95. The van der Waals surface area contributed by atoms with E-state index < -0.39 is 10.0 Å². The van der Waals surface area contributed by atoms with Gasteiger partial charge in [0.25, 0.3) is 0 Å². The molecule has 0 N–H and O–H groups in total. The third-order valence-electron chi connectivity index (χ3n) is 4.44. The van der Waals surface area contributed by atoms with Gasteiger partial charge in [-0.15, -0.1) is 0 Å². The van der Waals surface area contributed by atoms with Crippen LogP contribution in [0.25, 0.3) is 0 Å². The average Bonchev–Trinajstić information content (AvgIpc) is 2.69. The molecule has 1 aliphatic rings. The largest absolute Gasteiger partial charge is 0.497 e. The normalized spacial score (nSPS) is 15.3. The second-order valence-corrected chi connectivity index (χ2v) is 8.26. The predicted octanol–water partition coefficient (Wildman–Crippen LogP) is 3.26. The highest BCUT2D eigenvalue weighted by atomic mass is 32.2. The van der Waals surface area contributed by atoms with Crippen LogP contribution in [0, 0.1) is 0 Å². The van der Waals surface area contributed by atoms with Gasteiger partial charge in [0.05, 0.1) is 18.9 Å². The number of pyridine rings is 1. The van der Waals surface area contributed by atoms with Gasteiger partial charge in [-0.1, -0.05) is 6.42 Å². The fourth-order valence-corrected chi connectivity index (χ4v) is 4.41. The molecule has 7 nitrogen and oxygen atoms in total. The Morgan fingerprint density at radius 1 is 1.11 bits per heavy atom. The van der Waals surface area contributed by atoms with Gasteiger partial charge in [0.2, 0.25) is 15.9 Å². The number of ether oxygens (including phenoxy) is 2. The first kappa shape index (κ1) is 19.3. The molecule has 2 heterocycles. The van der Waals surface area contributed by atoms with Gasteiger partial charge in [-0.05, 0) is 38.0 Å². The van der Waals surface area contributed by atoms with Crippen molar-refractivity contribution in [2.45, 2.75) is 31.1 Å². The minimum atomic E-state index is -3.54. The van der Waals surface area contributed by atoms with Crippen LogP contribution in [0.5, 0.6) is 17.4 Å². The van der Waals surface area contributed by atoms with E-state index in [1.54, 1.807) is 18.2 Å². The van der Waals surface area contributed by atoms with Crippen molar-refractivity contribution in [2.24, 2.45) is 0 Å². The molecule has 1 aliphatic heterocycles. The number of piperidine rings is 1. The first-order valence-corrected chi connectivity index (χ1v) is 10.2. The van der Waals surface area contributed by atoms with Crippen LogP contribution in [0.4, 0.5) is 0 Å². The number of sulfonamides is 1. The van der Waals surface area contributed by atoms with E-state index in [4.69, 9.17) is 9.47 Å². The van der Waals surface area contributed by atoms with Crippen molar-refractivity contribution in [1.82, 2.24) is 9.29 Å². The number of carbonyl (C=O) groups excluding carboxylic acids is 1. The molecule has 3 rings (SSSR count). The molecule has 0 bridgehead atoms. The number of rotatable bonds is 6. The number of methoxy groups -OCH3 is 1. The second-order valence-electron chi connectivity index (χ2n) is 6.32. The number of hydrogen-bond acceptors (Lipinski definition) is 6. The molecular weight excluding hydrogens is 368 g/mol. The van der Waals surface area contributed by atoms with Crippen molar-refractivity contribution in [3.63, 3.8) is 0 Å². The van der Waals surface area contributed by atoms with Gasteiger partial charge in [-0.2, -0.15) is 4.31 Å². The second kappa shape index (κ2) is 8.06. The summed E-state index contributed by atoms with van der Waals surface area (Å²) >= 11 is 0. The minimum Gasteiger partial charge on any atom is -0.497 e. The summed E-state index contributed by atoms with van der Waals surface area (Å²) in [6, 6.07) is 7.84. The van der Waals surface area contributed by atoms with Crippen molar-refractivity contribution < 1.29 is 22.7 Å². The van der Waals surface area contributed by atoms with Crippen molar-refractivity contribution in [3.8, 4) is 17.4 Å². The van der Waals surface area contributed by atoms with Crippen molar-refractivity contribution >= 4 is 15.8 Å². The summed E-state index contributed by atoms with van der Waals surface area (Å²) < 4.78 is 37.7. The zero-order valence-corrected chi connectivity index (χ0v) is 16.2. The molecule has 1 aromatic heterocycles. The molecule has 0 aliphatic carbocycles. The highest BCUT2D eigenvalue weighted by Crippen LogP contribution is 2.29. The van der Waals surface area contributed by atoms with Gasteiger partial charge in [0, 0.05) is 25.2 Å². The van der Waals surface area contributed by atoms with Gasteiger partial charge < -0.3 is 9.47 Å². The Bertz CT molecular complexity index is 920. The Kier molecular flexibility index (Phi) is 5.76. The van der Waals surface area contributed by atoms with Gasteiger partial charge in [-0.3, -0.25) is 4.79 Å². The van der Waals surface area contributed by atoms with E-state index in [1.807, 2.05) is 0 Å². The zero-order chi connectivity index (χ0) is 19.4. The van der Waals surface area contributed by atoms with E-state index in [0.717, 1.165) is 19.3 Å². The van der Waals surface area contributed by atoms with Crippen LogP contribution in [0.3, 0.4) is 0 Å². The van der Waals surface area contributed by atoms with Crippen LogP contribution in [-0.4, -0.2) is 43.7 Å². The molecule has 1 aromatic carbocycles. The predicted molar refractivity (Wildman–Crippen MR) is 99.9 cm³/mol. The maximum Gasteiger partial charge on any atom is 0.244 e. The molecule has 0 radical (unpaired) electrons. The molecule has 0 amide bonds. The number of nitrogens with zero attached hydrogens (tertiary/aromatic N) is 2. The van der Waals surface area contributed by atoms with Crippen molar-refractivity contribution in [3.05, 3.63) is 42.1 Å². The van der Waals surface area contributed by atoms with Crippen molar-refractivity contribution in [1.29, 1.82) is 0 Å². The number of Topliss-reactive ketones (excluding diaryl/α,β-unsaturated/α-hetero) is 1. The first-order valence-electron chi connectivity index (χ1n) is 8.75. The lowest BCUT2D eigenvalue weighted by atomic mass is 10.1. The molecule has 2 aromatic rings. The molecule has 1 saturated heterocycles. The Labute approximate surface area is 159 Å². The maximum atomic E-state index is 12.7. The lowest BCUT2D eigenvalue weighted by Gasteiger charge is -2.25. The summed E-state index contributed by atoms with van der Waals surface area (Å²) in [5.41, 5.74) is 0.391. The van der Waals surface area contributed by atoms with E-state index in [9.17, 15) is 13.2 Å². The summed E-state index contributed by atoms with van der Waals surface area (Å²) in [5.74, 6) is 0.889. The van der Waals surface area contributed by atoms with Crippen LogP contribution < -0.4 is 9.47 Å². The van der Waals surface area contributed by atoms with E-state index in [1.165, 1.54) is 36.7 Å². The van der Waals surface area contributed by atoms with Crippen LogP contribution >= 0.6 is 0 Å². The Hall–Kier alpha value is -2.45. The van der Waals surface area contributed by atoms with Crippen LogP contribution in [-0.2, 0) is 10.0 Å². The minimum absolute atomic E-state index is 0.134. The summed E-state index contributed by atoms with van der Waals surface area (Å²) in [4.78, 5) is 16.0. The summed E-state index contributed by atoms with van der Waals surface area (Å²) in [7, 11) is -2.02. The van der Waals surface area contributed by atoms with Gasteiger partial charge >= 0.3 is 0 Å². The van der Waals surface area contributed by atoms with Crippen LogP contribution in [0.2, 0.25) is 0 Å². The molecule has 144 valence electrons. The quantitative estimate of drug-likeness (QED) is 0.704. The molecule has 1 fully saturated rings. The standard InChI is InChI=1S/C19H22N2O5S/c1-14(22)17-8-6-15(25-2)12-18(17)26-19-9-7-16(13-20-19)27(23,24)21-10-4-3-5-11-21/h6-9,12-13H,3-5,10-11H2,1-2H3. The monoisotopic (exact) mass is 390 g/mol. The van der Waals surface area contributed by atoms with E-state index in [0.29, 0.717) is 30.2 Å². The molecule has 0 unspecified atom stereocenters. The summed E-state index contributed by atoms with van der Waals surface area (Å²) in [6.45, 7) is 2.51. The molecule has 8 heteroatoms. The molecule has 0 saturated carbocycles. The molecule has 0 atom stereocenters.